The van der Waals surface area contributed by atoms with Gasteiger partial charge in [-0.25, -0.2) is 19.0 Å². The molecule has 148 valence electrons. The molecule has 0 unspecified atom stereocenters. The fourth-order valence-electron chi connectivity index (χ4n) is 3.54. The number of ether oxygens (including phenoxy) is 1. The molecule has 2 N–H and O–H groups in total. The highest BCUT2D eigenvalue weighted by Crippen LogP contribution is 2.37. The number of pyridine rings is 1. The maximum absolute atomic E-state index is 14.1. The second-order valence-electron chi connectivity index (χ2n) is 6.78. The van der Waals surface area contributed by atoms with E-state index in [1.165, 1.54) is 24.7 Å². The van der Waals surface area contributed by atoms with Gasteiger partial charge in [0.05, 0.1) is 5.56 Å². The zero-order chi connectivity index (χ0) is 20.8. The summed E-state index contributed by atoms with van der Waals surface area (Å²) in [7, 11) is 0. The second-order valence-corrected chi connectivity index (χ2v) is 6.78. The number of anilines is 1. The number of fused-ring (bicyclic) bond motifs is 7. The van der Waals surface area contributed by atoms with Crippen LogP contribution < -0.4 is 10.5 Å². The van der Waals surface area contributed by atoms with Gasteiger partial charge in [0.25, 0.3) is 0 Å². The van der Waals surface area contributed by atoms with E-state index in [2.05, 4.69) is 20.2 Å². The minimum Gasteiger partial charge on any atom is -0.482 e. The van der Waals surface area contributed by atoms with Gasteiger partial charge in [-0.3, -0.25) is 0 Å². The zero-order valence-corrected chi connectivity index (χ0v) is 15.7. The molecule has 2 bridgehead atoms. The molecule has 0 spiro atoms. The van der Waals surface area contributed by atoms with Gasteiger partial charge in [-0.05, 0) is 31.2 Å². The van der Waals surface area contributed by atoms with E-state index in [9.17, 15) is 9.65 Å². The van der Waals surface area contributed by atoms with Crippen molar-refractivity contribution in [2.24, 2.45) is 0 Å². The average Bonchev–Trinajstić information content (AvgIpc) is 3.36. The third-order valence-corrected chi connectivity index (χ3v) is 4.94. The molecule has 9 nitrogen and oxygen atoms in total. The zero-order valence-electron chi connectivity index (χ0n) is 15.7. The SMILES string of the molecule is C[C@H]1Oc2cc(cnc2N)-c2c(C#N)noc2Cn2ncnc2-c2ccc(F)cc21. The van der Waals surface area contributed by atoms with Crippen molar-refractivity contribution >= 4 is 5.82 Å². The van der Waals surface area contributed by atoms with Crippen LogP contribution in [0.2, 0.25) is 0 Å². The molecule has 0 amide bonds. The Morgan fingerprint density at radius 1 is 1.30 bits per heavy atom. The quantitative estimate of drug-likeness (QED) is 0.474. The molecule has 1 aliphatic rings. The molecule has 1 atom stereocenters. The van der Waals surface area contributed by atoms with E-state index in [1.807, 2.05) is 6.07 Å². The molecule has 3 aromatic heterocycles. The summed E-state index contributed by atoms with van der Waals surface area (Å²) in [5.74, 6) is 0.955. The van der Waals surface area contributed by atoms with Crippen molar-refractivity contribution in [3.63, 3.8) is 0 Å². The van der Waals surface area contributed by atoms with E-state index < -0.39 is 11.9 Å². The van der Waals surface area contributed by atoms with Crippen molar-refractivity contribution in [1.29, 1.82) is 5.26 Å². The molecule has 5 rings (SSSR count). The Balaban J connectivity index is 1.81. The van der Waals surface area contributed by atoms with E-state index in [0.717, 1.165) is 0 Å². The number of nitrogens with two attached hydrogens (primary N) is 1. The Hall–Kier alpha value is -4.26. The van der Waals surface area contributed by atoms with Gasteiger partial charge in [0.2, 0.25) is 0 Å². The lowest BCUT2D eigenvalue weighted by Gasteiger charge is -2.20. The molecule has 0 radical (unpaired) electrons. The number of rotatable bonds is 0. The first-order valence-corrected chi connectivity index (χ1v) is 9.04. The standard InChI is InChI=1S/C20H14FN7O2/c1-10-14-5-12(21)2-3-13(14)20-25-9-26-28(20)8-17-18(15(6-22)27-30-17)11-4-16(29-10)19(23)24-7-11/h2-5,7,9-10H,8H2,1H3,(H2,23,24)/t10-/m1/s1. The Morgan fingerprint density at radius 3 is 3.00 bits per heavy atom. The van der Waals surface area contributed by atoms with Gasteiger partial charge in [0, 0.05) is 22.9 Å². The predicted molar refractivity (Wildman–Crippen MR) is 102 cm³/mol. The van der Waals surface area contributed by atoms with Crippen LogP contribution in [-0.4, -0.2) is 24.9 Å². The minimum atomic E-state index is -0.572. The molecule has 0 saturated carbocycles. The first-order chi connectivity index (χ1) is 14.5. The highest BCUT2D eigenvalue weighted by atomic mass is 19.1. The van der Waals surface area contributed by atoms with Crippen LogP contribution in [0, 0.1) is 17.1 Å². The third-order valence-electron chi connectivity index (χ3n) is 4.94. The van der Waals surface area contributed by atoms with Gasteiger partial charge in [-0.2, -0.15) is 10.4 Å². The predicted octanol–water partition coefficient (Wildman–Crippen LogP) is 3.09. The first-order valence-electron chi connectivity index (χ1n) is 9.04. The molecular weight excluding hydrogens is 389 g/mol. The molecule has 0 saturated heterocycles. The summed E-state index contributed by atoms with van der Waals surface area (Å²) in [6.07, 6.45) is 2.34. The van der Waals surface area contributed by atoms with Crippen molar-refractivity contribution < 1.29 is 13.7 Å². The van der Waals surface area contributed by atoms with Crippen LogP contribution in [0.4, 0.5) is 10.2 Å². The summed E-state index contributed by atoms with van der Waals surface area (Å²) in [5, 5.41) is 17.6. The van der Waals surface area contributed by atoms with E-state index in [0.29, 0.717) is 39.6 Å². The van der Waals surface area contributed by atoms with E-state index in [4.69, 9.17) is 15.0 Å². The van der Waals surface area contributed by atoms with E-state index in [-0.39, 0.29) is 18.1 Å². The summed E-state index contributed by atoms with van der Waals surface area (Å²) < 4.78 is 27.2. The number of hydrogen-bond donors (Lipinski definition) is 1. The smallest absolute Gasteiger partial charge is 0.191 e. The van der Waals surface area contributed by atoms with Crippen LogP contribution >= 0.6 is 0 Å². The highest BCUT2D eigenvalue weighted by molar-refractivity contribution is 5.73. The van der Waals surface area contributed by atoms with Gasteiger partial charge in [0.1, 0.15) is 30.9 Å². The second kappa shape index (κ2) is 6.66. The first kappa shape index (κ1) is 17.8. The summed E-state index contributed by atoms with van der Waals surface area (Å²) in [6.45, 7) is 1.94. The number of hydrogen-bond acceptors (Lipinski definition) is 8. The maximum atomic E-state index is 14.1. The van der Waals surface area contributed by atoms with Crippen LogP contribution in [0.15, 0.2) is 41.3 Å². The lowest BCUT2D eigenvalue weighted by molar-refractivity contribution is 0.227. The van der Waals surface area contributed by atoms with Crippen molar-refractivity contribution in [3.8, 4) is 34.3 Å². The number of halogens is 1. The average molecular weight is 403 g/mol. The molecule has 4 aromatic rings. The van der Waals surface area contributed by atoms with Gasteiger partial charge in [0.15, 0.2) is 28.8 Å². The fraction of sp³-hybridized carbons (Fsp3) is 0.150. The Bertz CT molecular complexity index is 1320. The monoisotopic (exact) mass is 403 g/mol. The van der Waals surface area contributed by atoms with E-state index in [1.54, 1.807) is 23.7 Å². The number of benzene rings is 1. The number of nitrogen functional groups attached to an aromatic ring is 1. The molecule has 0 fully saturated rings. The van der Waals surface area contributed by atoms with Crippen LogP contribution in [0.1, 0.15) is 30.0 Å². The number of nitriles is 1. The van der Waals surface area contributed by atoms with Crippen LogP contribution in [0.5, 0.6) is 5.75 Å². The van der Waals surface area contributed by atoms with E-state index >= 15 is 0 Å². The summed E-state index contributed by atoms with van der Waals surface area (Å²) in [4.78, 5) is 8.54. The van der Waals surface area contributed by atoms with Crippen molar-refractivity contribution in [1.82, 2.24) is 24.9 Å². The van der Waals surface area contributed by atoms with Gasteiger partial charge < -0.3 is 15.0 Å². The molecule has 4 heterocycles. The Kier molecular flexibility index (Phi) is 3.96. The van der Waals surface area contributed by atoms with Crippen molar-refractivity contribution in [2.75, 3.05) is 5.73 Å². The molecule has 1 aliphatic heterocycles. The third kappa shape index (κ3) is 2.76. The summed E-state index contributed by atoms with van der Waals surface area (Å²) in [6, 6.07) is 8.06. The molecular formula is C20H14FN7O2. The normalized spacial score (nSPS) is 14.9. The maximum Gasteiger partial charge on any atom is 0.191 e. The number of nitrogens with zero attached hydrogens (tertiary/aromatic N) is 6. The van der Waals surface area contributed by atoms with Gasteiger partial charge in [-0.15, -0.1) is 0 Å². The largest absolute Gasteiger partial charge is 0.482 e. The van der Waals surface area contributed by atoms with Gasteiger partial charge >= 0.3 is 0 Å². The van der Waals surface area contributed by atoms with Crippen molar-refractivity contribution in [2.45, 2.75) is 19.6 Å². The number of aromatic nitrogens is 5. The lowest BCUT2D eigenvalue weighted by atomic mass is 10.0. The topological polar surface area (TPSA) is 129 Å². The molecule has 1 aromatic carbocycles. The molecule has 10 heteroatoms. The van der Waals surface area contributed by atoms with Crippen LogP contribution in [0.25, 0.3) is 22.5 Å². The summed E-state index contributed by atoms with van der Waals surface area (Å²) in [5.41, 5.74) is 8.37. The van der Waals surface area contributed by atoms with Crippen LogP contribution in [-0.2, 0) is 6.54 Å². The molecule has 0 aliphatic carbocycles. The van der Waals surface area contributed by atoms with Crippen LogP contribution in [0.3, 0.4) is 0 Å². The Labute approximate surface area is 169 Å². The van der Waals surface area contributed by atoms with Gasteiger partial charge in [-0.1, -0.05) is 5.16 Å². The highest BCUT2D eigenvalue weighted by Gasteiger charge is 2.25. The lowest BCUT2D eigenvalue weighted by Crippen LogP contribution is -2.11. The fourth-order valence-corrected chi connectivity index (χ4v) is 3.54. The van der Waals surface area contributed by atoms with Crippen molar-refractivity contribution in [3.05, 3.63) is 59.6 Å². The Morgan fingerprint density at radius 2 is 2.17 bits per heavy atom. The minimum absolute atomic E-state index is 0.108. The molecule has 30 heavy (non-hydrogen) atoms. The summed E-state index contributed by atoms with van der Waals surface area (Å²) >= 11 is 0.